The first-order valence-corrected chi connectivity index (χ1v) is 6.83. The molecule has 0 fully saturated rings. The molecular weight excluding hydrogens is 254 g/mol. The lowest BCUT2D eigenvalue weighted by Gasteiger charge is -2.17. The highest BCUT2D eigenvalue weighted by molar-refractivity contribution is 7.89. The van der Waals surface area contributed by atoms with Crippen LogP contribution in [0.3, 0.4) is 0 Å². The number of benzene rings is 1. The fourth-order valence-corrected chi connectivity index (χ4v) is 2.91. The smallest absolute Gasteiger partial charge is 0.321 e. The summed E-state index contributed by atoms with van der Waals surface area (Å²) in [6.45, 7) is 3.24. The van der Waals surface area contributed by atoms with E-state index in [-0.39, 0.29) is 11.4 Å². The minimum atomic E-state index is -3.66. The maximum absolute atomic E-state index is 12.3. The van der Waals surface area contributed by atoms with Crippen LogP contribution in [0.4, 0.5) is 0 Å². The van der Waals surface area contributed by atoms with Crippen molar-refractivity contribution in [3.8, 4) is 0 Å². The molecule has 0 radical (unpaired) electrons. The number of likely N-dealkylation sites (N-methyl/N-ethyl adjacent to an activating group) is 1. The first-order valence-electron chi connectivity index (χ1n) is 5.39. The normalized spacial score (nSPS) is 11.6. The van der Waals surface area contributed by atoms with Crippen molar-refractivity contribution in [2.45, 2.75) is 18.7 Å². The molecule has 0 unspecified atom stereocenters. The second-order valence-electron chi connectivity index (χ2n) is 4.11. The number of methoxy groups -OCH3 is 1. The zero-order chi connectivity index (χ0) is 13.9. The van der Waals surface area contributed by atoms with Gasteiger partial charge in [-0.25, -0.2) is 8.42 Å². The van der Waals surface area contributed by atoms with Crippen LogP contribution in [0.25, 0.3) is 0 Å². The monoisotopic (exact) mass is 271 g/mol. The molecule has 0 spiro atoms. The van der Waals surface area contributed by atoms with Gasteiger partial charge in [0.25, 0.3) is 0 Å². The molecule has 0 heterocycles. The maximum atomic E-state index is 12.3. The van der Waals surface area contributed by atoms with E-state index >= 15 is 0 Å². The van der Waals surface area contributed by atoms with Crippen LogP contribution in [-0.4, -0.2) is 39.4 Å². The van der Waals surface area contributed by atoms with E-state index in [4.69, 9.17) is 0 Å². The van der Waals surface area contributed by atoms with Crippen molar-refractivity contribution in [3.05, 3.63) is 29.3 Å². The molecule has 0 aliphatic rings. The molecule has 0 aliphatic heterocycles. The summed E-state index contributed by atoms with van der Waals surface area (Å²) in [7, 11) is -1.09. The van der Waals surface area contributed by atoms with E-state index in [0.717, 1.165) is 9.87 Å². The fraction of sp³-hybridized carbons (Fsp3) is 0.417. The third kappa shape index (κ3) is 3.08. The second kappa shape index (κ2) is 5.49. The standard InChI is InChI=1S/C12H17NO4S/c1-9-5-6-10(2)11(7-9)18(15,16)13(3)8-12(14)17-4/h5-7H,8H2,1-4H3. The topological polar surface area (TPSA) is 63.7 Å². The van der Waals surface area contributed by atoms with Crippen molar-refractivity contribution in [1.29, 1.82) is 0 Å². The Kier molecular flexibility index (Phi) is 4.48. The summed E-state index contributed by atoms with van der Waals surface area (Å²) in [6, 6.07) is 5.18. The van der Waals surface area contributed by atoms with Gasteiger partial charge in [-0.1, -0.05) is 12.1 Å². The number of carbonyl (C=O) groups excluding carboxylic acids is 1. The van der Waals surface area contributed by atoms with Crippen molar-refractivity contribution < 1.29 is 17.9 Å². The summed E-state index contributed by atoms with van der Waals surface area (Å²) >= 11 is 0. The van der Waals surface area contributed by atoms with Crippen molar-refractivity contribution in [2.75, 3.05) is 20.7 Å². The Bertz CT molecular complexity index is 551. The molecule has 1 aromatic rings. The molecule has 0 aliphatic carbocycles. The van der Waals surface area contributed by atoms with E-state index in [9.17, 15) is 13.2 Å². The third-order valence-electron chi connectivity index (χ3n) is 2.61. The predicted molar refractivity (Wildman–Crippen MR) is 67.7 cm³/mol. The van der Waals surface area contributed by atoms with Crippen molar-refractivity contribution in [1.82, 2.24) is 4.31 Å². The summed E-state index contributed by atoms with van der Waals surface area (Å²) in [6.07, 6.45) is 0. The van der Waals surface area contributed by atoms with E-state index in [1.165, 1.54) is 14.2 Å². The van der Waals surface area contributed by atoms with Gasteiger partial charge in [-0.2, -0.15) is 4.31 Å². The number of hydrogen-bond donors (Lipinski definition) is 0. The molecule has 0 aromatic heterocycles. The highest BCUT2D eigenvalue weighted by atomic mass is 32.2. The Morgan fingerprint density at radius 2 is 1.94 bits per heavy atom. The van der Waals surface area contributed by atoms with Crippen LogP contribution in [-0.2, 0) is 19.6 Å². The lowest BCUT2D eigenvalue weighted by atomic mass is 10.2. The number of carbonyl (C=O) groups is 1. The number of sulfonamides is 1. The molecule has 0 bridgehead atoms. The second-order valence-corrected chi connectivity index (χ2v) is 6.12. The lowest BCUT2D eigenvalue weighted by molar-refractivity contribution is -0.140. The van der Waals surface area contributed by atoms with Crippen LogP contribution in [0.2, 0.25) is 0 Å². The molecule has 100 valence electrons. The van der Waals surface area contributed by atoms with Gasteiger partial charge in [0.1, 0.15) is 6.54 Å². The van der Waals surface area contributed by atoms with Gasteiger partial charge in [-0.05, 0) is 31.0 Å². The van der Waals surface area contributed by atoms with Crippen LogP contribution in [0.1, 0.15) is 11.1 Å². The minimum Gasteiger partial charge on any atom is -0.468 e. The minimum absolute atomic E-state index is 0.217. The van der Waals surface area contributed by atoms with E-state index in [1.54, 1.807) is 19.1 Å². The van der Waals surface area contributed by atoms with Crippen molar-refractivity contribution >= 4 is 16.0 Å². The molecule has 5 nitrogen and oxygen atoms in total. The van der Waals surface area contributed by atoms with Gasteiger partial charge in [-0.15, -0.1) is 0 Å². The Labute approximate surface area is 107 Å². The zero-order valence-electron chi connectivity index (χ0n) is 10.9. The molecule has 1 rings (SSSR count). The molecule has 1 aromatic carbocycles. The molecule has 0 atom stereocenters. The van der Waals surface area contributed by atoms with Crippen molar-refractivity contribution in [2.24, 2.45) is 0 Å². The molecule has 0 amide bonds. The molecule has 18 heavy (non-hydrogen) atoms. The highest BCUT2D eigenvalue weighted by Crippen LogP contribution is 2.20. The number of ether oxygens (including phenoxy) is 1. The Morgan fingerprint density at radius 1 is 1.33 bits per heavy atom. The van der Waals surface area contributed by atoms with Crippen molar-refractivity contribution in [3.63, 3.8) is 0 Å². The van der Waals surface area contributed by atoms with Crippen LogP contribution < -0.4 is 0 Å². The average molecular weight is 271 g/mol. The Hall–Kier alpha value is -1.40. The third-order valence-corrected chi connectivity index (χ3v) is 4.56. The molecule has 0 N–H and O–H groups in total. The highest BCUT2D eigenvalue weighted by Gasteiger charge is 2.24. The van der Waals surface area contributed by atoms with Gasteiger partial charge in [0.15, 0.2) is 0 Å². The maximum Gasteiger partial charge on any atom is 0.321 e. The summed E-state index contributed by atoms with van der Waals surface area (Å²) in [4.78, 5) is 11.3. The van der Waals surface area contributed by atoms with E-state index in [1.807, 2.05) is 13.0 Å². The lowest BCUT2D eigenvalue weighted by Crippen LogP contribution is -2.33. The summed E-state index contributed by atoms with van der Waals surface area (Å²) in [5, 5.41) is 0. The summed E-state index contributed by atoms with van der Waals surface area (Å²) in [5.41, 5.74) is 1.50. The SMILES string of the molecule is COC(=O)CN(C)S(=O)(=O)c1cc(C)ccc1C. The first-order chi connectivity index (χ1) is 8.28. The van der Waals surface area contributed by atoms with E-state index < -0.39 is 16.0 Å². The molecule has 6 heteroatoms. The molecule has 0 saturated heterocycles. The average Bonchev–Trinajstić information content (AvgIpc) is 2.31. The molecule has 0 saturated carbocycles. The first kappa shape index (κ1) is 14.7. The van der Waals surface area contributed by atoms with Crippen LogP contribution in [0.5, 0.6) is 0 Å². The Balaban J connectivity index is 3.13. The number of nitrogens with zero attached hydrogens (tertiary/aromatic N) is 1. The number of hydrogen-bond acceptors (Lipinski definition) is 4. The summed E-state index contributed by atoms with van der Waals surface area (Å²) in [5.74, 6) is -0.591. The fourth-order valence-electron chi connectivity index (χ4n) is 1.48. The van der Waals surface area contributed by atoms with E-state index in [2.05, 4.69) is 4.74 Å². The quantitative estimate of drug-likeness (QED) is 0.769. The number of esters is 1. The zero-order valence-corrected chi connectivity index (χ0v) is 11.7. The van der Waals surface area contributed by atoms with Gasteiger partial charge >= 0.3 is 5.97 Å². The summed E-state index contributed by atoms with van der Waals surface area (Å²) < 4.78 is 30.0. The van der Waals surface area contributed by atoms with Gasteiger partial charge in [0, 0.05) is 7.05 Å². The van der Waals surface area contributed by atoms with Crippen LogP contribution >= 0.6 is 0 Å². The van der Waals surface area contributed by atoms with Gasteiger partial charge in [0.2, 0.25) is 10.0 Å². The predicted octanol–water partition coefficient (Wildman–Crippen LogP) is 1.10. The Morgan fingerprint density at radius 3 is 2.50 bits per heavy atom. The van der Waals surface area contributed by atoms with E-state index in [0.29, 0.717) is 5.56 Å². The number of aryl methyl sites for hydroxylation is 2. The largest absolute Gasteiger partial charge is 0.468 e. The molecular formula is C12H17NO4S. The van der Waals surface area contributed by atoms with Crippen LogP contribution in [0, 0.1) is 13.8 Å². The van der Waals surface area contributed by atoms with Gasteiger partial charge in [0.05, 0.1) is 12.0 Å². The number of rotatable bonds is 4. The van der Waals surface area contributed by atoms with Gasteiger partial charge < -0.3 is 4.74 Å². The van der Waals surface area contributed by atoms with Gasteiger partial charge in [-0.3, -0.25) is 4.79 Å². The van der Waals surface area contributed by atoms with Crippen LogP contribution in [0.15, 0.2) is 23.1 Å².